The summed E-state index contributed by atoms with van der Waals surface area (Å²) >= 11 is 0. The first-order valence-electron chi connectivity index (χ1n) is 4.58. The molecule has 0 atom stereocenters. The average molecular weight is 197 g/mol. The average Bonchev–Trinajstić information content (AvgIpc) is 2.45. The van der Waals surface area contributed by atoms with E-state index in [1.54, 1.807) is 24.7 Å². The maximum atomic E-state index is 11.4. The number of carbonyl (C=O) groups is 1. The van der Waals surface area contributed by atoms with Crippen LogP contribution in [-0.2, 0) is 11.3 Å². The zero-order chi connectivity index (χ0) is 10.7. The van der Waals surface area contributed by atoms with Crippen molar-refractivity contribution in [1.29, 1.82) is 0 Å². The highest BCUT2D eigenvalue weighted by Gasteiger charge is 2.16. The maximum absolute atomic E-state index is 11.4. The highest BCUT2D eigenvalue weighted by atomic mass is 16.5. The topological polar surface area (TPSA) is 70.1 Å². The number of hydrogen-bond donors (Lipinski definition) is 1. The zero-order valence-corrected chi connectivity index (χ0v) is 8.65. The van der Waals surface area contributed by atoms with Gasteiger partial charge in [-0.2, -0.15) is 5.10 Å². The molecule has 1 rings (SSSR count). The number of anilines is 1. The van der Waals surface area contributed by atoms with Crippen molar-refractivity contribution in [2.75, 3.05) is 5.73 Å². The fraction of sp³-hybridized carbons (Fsp3) is 0.556. The number of esters is 1. The number of aromatic nitrogens is 2. The molecule has 0 spiro atoms. The number of ether oxygens (including phenoxy) is 1. The van der Waals surface area contributed by atoms with Gasteiger partial charge in [0.15, 0.2) is 5.69 Å². The lowest BCUT2D eigenvalue weighted by Crippen LogP contribution is -2.13. The van der Waals surface area contributed by atoms with Crippen molar-refractivity contribution in [2.45, 2.75) is 33.4 Å². The molecule has 5 nitrogen and oxygen atoms in total. The Morgan fingerprint density at radius 3 is 2.79 bits per heavy atom. The molecule has 0 unspecified atom stereocenters. The minimum absolute atomic E-state index is 0.159. The monoisotopic (exact) mass is 197 g/mol. The van der Waals surface area contributed by atoms with Crippen molar-refractivity contribution < 1.29 is 9.53 Å². The molecule has 5 heteroatoms. The summed E-state index contributed by atoms with van der Waals surface area (Å²) in [6.07, 6.45) is 1.46. The van der Waals surface area contributed by atoms with E-state index in [1.807, 2.05) is 6.92 Å². The van der Waals surface area contributed by atoms with Crippen molar-refractivity contribution in [1.82, 2.24) is 9.78 Å². The fourth-order valence-corrected chi connectivity index (χ4v) is 1.03. The van der Waals surface area contributed by atoms with Gasteiger partial charge < -0.3 is 10.5 Å². The van der Waals surface area contributed by atoms with E-state index in [2.05, 4.69) is 5.10 Å². The quantitative estimate of drug-likeness (QED) is 0.735. The van der Waals surface area contributed by atoms with Crippen LogP contribution in [0, 0.1) is 0 Å². The summed E-state index contributed by atoms with van der Waals surface area (Å²) in [6.45, 7) is 6.17. The zero-order valence-electron chi connectivity index (χ0n) is 8.65. The second-order valence-corrected chi connectivity index (χ2v) is 3.24. The van der Waals surface area contributed by atoms with E-state index in [4.69, 9.17) is 10.5 Å². The molecule has 1 aromatic heterocycles. The number of nitrogens with zero attached hydrogens (tertiary/aromatic N) is 2. The number of rotatable bonds is 3. The van der Waals surface area contributed by atoms with Crippen molar-refractivity contribution >= 4 is 11.7 Å². The van der Waals surface area contributed by atoms with Crippen LogP contribution in [0.2, 0.25) is 0 Å². The van der Waals surface area contributed by atoms with Crippen LogP contribution in [-0.4, -0.2) is 21.9 Å². The summed E-state index contributed by atoms with van der Waals surface area (Å²) in [4.78, 5) is 11.4. The predicted octanol–water partition coefficient (Wildman–Crippen LogP) is 1.05. The van der Waals surface area contributed by atoms with Crippen LogP contribution < -0.4 is 5.73 Å². The Balaban J connectivity index is 2.84. The van der Waals surface area contributed by atoms with Crippen LogP contribution in [0.1, 0.15) is 31.3 Å². The molecule has 1 heterocycles. The Morgan fingerprint density at radius 2 is 2.36 bits per heavy atom. The van der Waals surface area contributed by atoms with E-state index in [1.165, 1.54) is 0 Å². The first kappa shape index (κ1) is 10.6. The Morgan fingerprint density at radius 1 is 1.71 bits per heavy atom. The van der Waals surface area contributed by atoms with Gasteiger partial charge in [-0.05, 0) is 20.8 Å². The molecule has 0 aromatic carbocycles. The Hall–Kier alpha value is -1.52. The third-order valence-corrected chi connectivity index (χ3v) is 1.65. The van der Waals surface area contributed by atoms with Crippen LogP contribution in [0.5, 0.6) is 0 Å². The minimum atomic E-state index is -0.468. The van der Waals surface area contributed by atoms with Crippen molar-refractivity contribution in [2.24, 2.45) is 0 Å². The molecule has 0 aliphatic rings. The second-order valence-electron chi connectivity index (χ2n) is 3.24. The number of nitrogen functional groups attached to an aromatic ring is 1. The molecule has 2 N–H and O–H groups in total. The Kier molecular flexibility index (Phi) is 3.11. The lowest BCUT2D eigenvalue weighted by Gasteiger charge is -2.05. The summed E-state index contributed by atoms with van der Waals surface area (Å²) in [5, 5.41) is 4.00. The Bertz CT molecular complexity index is 331. The van der Waals surface area contributed by atoms with Gasteiger partial charge in [0.25, 0.3) is 0 Å². The molecule has 78 valence electrons. The smallest absolute Gasteiger partial charge is 0.361 e. The molecule has 0 saturated carbocycles. The minimum Gasteiger partial charge on any atom is -0.458 e. The molecule has 0 fully saturated rings. The molecular formula is C9H15N3O2. The van der Waals surface area contributed by atoms with Crippen LogP contribution in [0.25, 0.3) is 0 Å². The SMILES string of the molecule is CCn1cc(N)c(C(=O)OC(C)C)n1. The van der Waals surface area contributed by atoms with E-state index >= 15 is 0 Å². The molecule has 1 aromatic rings. The van der Waals surface area contributed by atoms with Gasteiger partial charge in [-0.25, -0.2) is 4.79 Å². The predicted molar refractivity (Wildman–Crippen MR) is 52.9 cm³/mol. The van der Waals surface area contributed by atoms with Gasteiger partial charge in [0.05, 0.1) is 11.8 Å². The molecule has 0 radical (unpaired) electrons. The first-order valence-corrected chi connectivity index (χ1v) is 4.58. The van der Waals surface area contributed by atoms with E-state index in [0.29, 0.717) is 12.2 Å². The van der Waals surface area contributed by atoms with Gasteiger partial charge in [0.1, 0.15) is 0 Å². The summed E-state index contributed by atoms with van der Waals surface area (Å²) in [7, 11) is 0. The number of hydrogen-bond acceptors (Lipinski definition) is 4. The molecule has 0 aliphatic carbocycles. The largest absolute Gasteiger partial charge is 0.458 e. The molecule has 0 aliphatic heterocycles. The van der Waals surface area contributed by atoms with Gasteiger partial charge >= 0.3 is 5.97 Å². The van der Waals surface area contributed by atoms with Crippen LogP contribution >= 0.6 is 0 Å². The number of aryl methyl sites for hydroxylation is 1. The van der Waals surface area contributed by atoms with Crippen LogP contribution in [0.3, 0.4) is 0 Å². The summed E-state index contributed by atoms with van der Waals surface area (Å²) in [6, 6.07) is 0. The lowest BCUT2D eigenvalue weighted by molar-refractivity contribution is 0.0371. The standard InChI is InChI=1S/C9H15N3O2/c1-4-12-5-7(10)8(11-12)9(13)14-6(2)3/h5-6H,4,10H2,1-3H3. The highest BCUT2D eigenvalue weighted by molar-refractivity contribution is 5.92. The van der Waals surface area contributed by atoms with Crippen LogP contribution in [0.15, 0.2) is 6.20 Å². The second kappa shape index (κ2) is 4.13. The lowest BCUT2D eigenvalue weighted by atomic mass is 10.4. The normalized spacial score (nSPS) is 10.6. The summed E-state index contributed by atoms with van der Waals surface area (Å²) in [5.74, 6) is -0.468. The van der Waals surface area contributed by atoms with Gasteiger partial charge in [-0.15, -0.1) is 0 Å². The third kappa shape index (κ3) is 2.25. The van der Waals surface area contributed by atoms with Crippen molar-refractivity contribution in [3.8, 4) is 0 Å². The third-order valence-electron chi connectivity index (χ3n) is 1.65. The van der Waals surface area contributed by atoms with E-state index < -0.39 is 5.97 Å². The molecule has 0 bridgehead atoms. The van der Waals surface area contributed by atoms with Crippen LogP contribution in [0.4, 0.5) is 5.69 Å². The summed E-state index contributed by atoms with van der Waals surface area (Å²) < 4.78 is 6.58. The van der Waals surface area contributed by atoms with Gasteiger partial charge in [0.2, 0.25) is 0 Å². The van der Waals surface area contributed by atoms with E-state index in [0.717, 1.165) is 0 Å². The molecular weight excluding hydrogens is 182 g/mol. The van der Waals surface area contributed by atoms with Crippen molar-refractivity contribution in [3.63, 3.8) is 0 Å². The highest BCUT2D eigenvalue weighted by Crippen LogP contribution is 2.11. The molecule has 0 amide bonds. The molecule has 14 heavy (non-hydrogen) atoms. The van der Waals surface area contributed by atoms with E-state index in [-0.39, 0.29) is 11.8 Å². The van der Waals surface area contributed by atoms with Crippen molar-refractivity contribution in [3.05, 3.63) is 11.9 Å². The fourth-order valence-electron chi connectivity index (χ4n) is 1.03. The first-order chi connectivity index (χ1) is 6.54. The number of carbonyl (C=O) groups excluding carboxylic acids is 1. The summed E-state index contributed by atoms with van der Waals surface area (Å²) in [5.41, 5.74) is 6.16. The van der Waals surface area contributed by atoms with Gasteiger partial charge in [0, 0.05) is 12.7 Å². The molecule has 0 saturated heterocycles. The van der Waals surface area contributed by atoms with Gasteiger partial charge in [-0.3, -0.25) is 4.68 Å². The van der Waals surface area contributed by atoms with Gasteiger partial charge in [-0.1, -0.05) is 0 Å². The number of nitrogens with two attached hydrogens (primary N) is 1. The Labute approximate surface area is 82.8 Å². The maximum Gasteiger partial charge on any atom is 0.361 e. The van der Waals surface area contributed by atoms with E-state index in [9.17, 15) is 4.79 Å².